The van der Waals surface area contributed by atoms with Crippen LogP contribution >= 0.6 is 0 Å². The fraction of sp³-hybridized carbons (Fsp3) is 0.778. The molecule has 2 atom stereocenters. The molecule has 2 radical (unpaired) electrons. The summed E-state index contributed by atoms with van der Waals surface area (Å²) < 4.78 is 0. The first kappa shape index (κ1) is 9.00. The Bertz CT molecular complexity index is 57.1. The molecule has 0 aromatic heterocycles. The lowest BCUT2D eigenvalue weighted by atomic mass is 9.90. The molecule has 0 bridgehead atoms. The van der Waals surface area contributed by atoms with Crippen molar-refractivity contribution in [2.45, 2.75) is 33.6 Å². The van der Waals surface area contributed by atoms with Crippen molar-refractivity contribution >= 4 is 0 Å². The predicted molar refractivity (Wildman–Crippen MR) is 42.9 cm³/mol. The van der Waals surface area contributed by atoms with Gasteiger partial charge in [0.1, 0.15) is 0 Å². The molecule has 2 unspecified atom stereocenters. The molecule has 0 saturated carbocycles. The molecule has 0 heteroatoms. The van der Waals surface area contributed by atoms with Crippen LogP contribution in [0.4, 0.5) is 0 Å². The second kappa shape index (κ2) is 4.84. The fourth-order valence-corrected chi connectivity index (χ4v) is 0.936. The third-order valence-electron chi connectivity index (χ3n) is 1.88. The first-order valence-corrected chi connectivity index (χ1v) is 3.88. The maximum absolute atomic E-state index is 4.04. The molecule has 9 heavy (non-hydrogen) atoms. The molecule has 0 amide bonds. The molecule has 0 rings (SSSR count). The molecule has 0 saturated heterocycles. The van der Waals surface area contributed by atoms with Crippen LogP contribution in [0, 0.1) is 25.2 Å². The predicted octanol–water partition coefficient (Wildman–Crippen LogP) is 3.10. The first-order chi connectivity index (χ1) is 4.22. The van der Waals surface area contributed by atoms with E-state index in [0.717, 1.165) is 0 Å². The standard InChI is InChI=1S/C9H18/c1-5-7-9(4)8(3)6-2/h7-9H,3,5-6H2,1-2,4H3. The lowest BCUT2D eigenvalue weighted by Gasteiger charge is -2.15. The summed E-state index contributed by atoms with van der Waals surface area (Å²) in [5.74, 6) is 1.31. The molecule has 0 aliphatic heterocycles. The molecule has 0 N–H and O–H groups in total. The van der Waals surface area contributed by atoms with E-state index < -0.39 is 0 Å². The van der Waals surface area contributed by atoms with Crippen LogP contribution in [0.25, 0.3) is 0 Å². The summed E-state index contributed by atoms with van der Waals surface area (Å²) >= 11 is 0. The second-order valence-corrected chi connectivity index (χ2v) is 2.67. The van der Waals surface area contributed by atoms with E-state index in [1.807, 2.05) is 0 Å². The van der Waals surface area contributed by atoms with Crippen LogP contribution in [0.5, 0.6) is 0 Å². The van der Waals surface area contributed by atoms with Gasteiger partial charge in [0.05, 0.1) is 0 Å². The van der Waals surface area contributed by atoms with Crippen molar-refractivity contribution in [2.75, 3.05) is 0 Å². The highest BCUT2D eigenvalue weighted by atomic mass is 14.1. The summed E-state index contributed by atoms with van der Waals surface area (Å²) in [5, 5.41) is 0. The van der Waals surface area contributed by atoms with Gasteiger partial charge in [-0.25, -0.2) is 0 Å². The van der Waals surface area contributed by atoms with E-state index in [1.54, 1.807) is 0 Å². The highest BCUT2D eigenvalue weighted by molar-refractivity contribution is 4.78. The lowest BCUT2D eigenvalue weighted by Crippen LogP contribution is -2.06. The SMILES string of the molecule is [CH2]C(CC)C(C)[CH]CC. The van der Waals surface area contributed by atoms with Crippen LogP contribution in [-0.2, 0) is 0 Å². The van der Waals surface area contributed by atoms with Gasteiger partial charge in [0, 0.05) is 0 Å². The zero-order valence-corrected chi connectivity index (χ0v) is 6.85. The van der Waals surface area contributed by atoms with Crippen LogP contribution in [0.1, 0.15) is 33.6 Å². The Morgan fingerprint density at radius 1 is 1.44 bits per heavy atom. The molecule has 0 heterocycles. The van der Waals surface area contributed by atoms with Crippen LogP contribution in [0.2, 0.25) is 0 Å². The van der Waals surface area contributed by atoms with Gasteiger partial charge >= 0.3 is 0 Å². The van der Waals surface area contributed by atoms with E-state index in [9.17, 15) is 0 Å². The average molecular weight is 126 g/mol. The van der Waals surface area contributed by atoms with Crippen LogP contribution < -0.4 is 0 Å². The summed E-state index contributed by atoms with van der Waals surface area (Å²) in [5.41, 5.74) is 0. The largest absolute Gasteiger partial charge is 0.0651 e. The van der Waals surface area contributed by atoms with Crippen LogP contribution in [0.3, 0.4) is 0 Å². The van der Waals surface area contributed by atoms with Crippen molar-refractivity contribution in [3.63, 3.8) is 0 Å². The highest BCUT2D eigenvalue weighted by Crippen LogP contribution is 2.17. The van der Waals surface area contributed by atoms with Crippen molar-refractivity contribution < 1.29 is 0 Å². The average Bonchev–Trinajstić information content (AvgIpc) is 1.87. The second-order valence-electron chi connectivity index (χ2n) is 2.67. The Balaban J connectivity index is 3.32. The van der Waals surface area contributed by atoms with E-state index in [0.29, 0.717) is 11.8 Å². The molecule has 0 spiro atoms. The topological polar surface area (TPSA) is 0 Å². The Kier molecular flexibility index (Phi) is 4.84. The normalized spacial score (nSPS) is 17.3. The summed E-state index contributed by atoms with van der Waals surface area (Å²) in [6.07, 6.45) is 4.70. The van der Waals surface area contributed by atoms with E-state index in [-0.39, 0.29) is 0 Å². The van der Waals surface area contributed by atoms with Gasteiger partial charge < -0.3 is 0 Å². The summed E-state index contributed by atoms with van der Waals surface area (Å²) in [4.78, 5) is 0. The number of hydrogen-bond donors (Lipinski definition) is 0. The summed E-state index contributed by atoms with van der Waals surface area (Å²) in [6.45, 7) is 10.7. The van der Waals surface area contributed by atoms with Crippen molar-refractivity contribution in [3.05, 3.63) is 13.3 Å². The highest BCUT2D eigenvalue weighted by Gasteiger charge is 2.07. The van der Waals surface area contributed by atoms with E-state index in [1.165, 1.54) is 12.8 Å². The molecule has 0 aliphatic rings. The fourth-order valence-electron chi connectivity index (χ4n) is 0.936. The Hall–Kier alpha value is 0. The monoisotopic (exact) mass is 126 g/mol. The minimum atomic E-state index is 0.616. The quantitative estimate of drug-likeness (QED) is 0.543. The summed E-state index contributed by atoms with van der Waals surface area (Å²) in [6, 6.07) is 0. The van der Waals surface area contributed by atoms with Crippen molar-refractivity contribution in [3.8, 4) is 0 Å². The Labute approximate surface area is 59.7 Å². The minimum absolute atomic E-state index is 0.616. The van der Waals surface area contributed by atoms with E-state index in [2.05, 4.69) is 34.1 Å². The molecule has 0 fully saturated rings. The van der Waals surface area contributed by atoms with E-state index in [4.69, 9.17) is 0 Å². The Morgan fingerprint density at radius 3 is 2.33 bits per heavy atom. The molecule has 54 valence electrons. The molecular formula is C9H18. The number of hydrogen-bond acceptors (Lipinski definition) is 0. The molecule has 0 aliphatic carbocycles. The zero-order chi connectivity index (χ0) is 7.28. The van der Waals surface area contributed by atoms with Gasteiger partial charge in [-0.05, 0) is 25.2 Å². The maximum atomic E-state index is 4.04. The van der Waals surface area contributed by atoms with Gasteiger partial charge in [-0.2, -0.15) is 0 Å². The van der Waals surface area contributed by atoms with Gasteiger partial charge in [0.15, 0.2) is 0 Å². The third kappa shape index (κ3) is 3.56. The van der Waals surface area contributed by atoms with Crippen molar-refractivity contribution in [2.24, 2.45) is 11.8 Å². The van der Waals surface area contributed by atoms with Crippen LogP contribution in [0.15, 0.2) is 0 Å². The first-order valence-electron chi connectivity index (χ1n) is 3.88. The smallest absolute Gasteiger partial charge is 0.0357 e. The Morgan fingerprint density at radius 2 is 2.00 bits per heavy atom. The maximum Gasteiger partial charge on any atom is -0.0357 e. The lowest BCUT2D eigenvalue weighted by molar-refractivity contribution is 0.457. The van der Waals surface area contributed by atoms with Gasteiger partial charge in [0.2, 0.25) is 0 Å². The molecule has 0 nitrogen and oxygen atoms in total. The van der Waals surface area contributed by atoms with Crippen molar-refractivity contribution in [1.29, 1.82) is 0 Å². The third-order valence-corrected chi connectivity index (χ3v) is 1.88. The van der Waals surface area contributed by atoms with Gasteiger partial charge in [-0.15, -0.1) is 0 Å². The summed E-state index contributed by atoms with van der Waals surface area (Å²) in [7, 11) is 0. The molecule has 0 aromatic carbocycles. The van der Waals surface area contributed by atoms with Crippen molar-refractivity contribution in [1.82, 2.24) is 0 Å². The van der Waals surface area contributed by atoms with E-state index >= 15 is 0 Å². The van der Waals surface area contributed by atoms with Gasteiger partial charge in [-0.3, -0.25) is 0 Å². The van der Waals surface area contributed by atoms with Crippen LogP contribution in [-0.4, -0.2) is 0 Å². The number of rotatable bonds is 4. The molecular weight excluding hydrogens is 108 g/mol. The van der Waals surface area contributed by atoms with Gasteiger partial charge in [-0.1, -0.05) is 33.6 Å². The minimum Gasteiger partial charge on any atom is -0.0651 e. The zero-order valence-electron chi connectivity index (χ0n) is 6.85. The molecule has 0 aromatic rings. The van der Waals surface area contributed by atoms with Gasteiger partial charge in [0.25, 0.3) is 0 Å².